The number of fused-ring (bicyclic) bond motifs is 5. The van der Waals surface area contributed by atoms with Crippen molar-refractivity contribution in [3.05, 3.63) is 22.3 Å². The third-order valence-electron chi connectivity index (χ3n) is 8.15. The zero-order valence-corrected chi connectivity index (χ0v) is 16.8. The Hall–Kier alpha value is -1.09. The van der Waals surface area contributed by atoms with Crippen LogP contribution in [-0.2, 0) is 14.3 Å². The van der Waals surface area contributed by atoms with Gasteiger partial charge in [-0.2, -0.15) is 0 Å². The molecule has 0 heterocycles. The molecule has 0 aliphatic heterocycles. The predicted molar refractivity (Wildman–Crippen MR) is 102 cm³/mol. The minimum absolute atomic E-state index is 0.0182. The van der Waals surface area contributed by atoms with Crippen molar-refractivity contribution < 1.29 is 14.3 Å². The van der Waals surface area contributed by atoms with Crippen molar-refractivity contribution in [1.82, 2.24) is 0 Å². The Morgan fingerprint density at radius 1 is 1.19 bits per heavy atom. The number of ether oxygens (including phenoxy) is 1. The molecule has 0 spiro atoms. The molecule has 2 fully saturated rings. The number of esters is 1. The molecular formula is C22H29ClO3. The fourth-order valence-corrected chi connectivity index (χ4v) is 7.08. The van der Waals surface area contributed by atoms with Crippen LogP contribution in [-0.4, -0.2) is 18.4 Å². The van der Waals surface area contributed by atoms with Gasteiger partial charge in [-0.1, -0.05) is 37.1 Å². The van der Waals surface area contributed by atoms with E-state index in [2.05, 4.69) is 19.9 Å². The van der Waals surface area contributed by atoms with Gasteiger partial charge < -0.3 is 4.74 Å². The van der Waals surface area contributed by atoms with Gasteiger partial charge in [-0.3, -0.25) is 9.59 Å². The highest BCUT2D eigenvalue weighted by Crippen LogP contribution is 2.66. The summed E-state index contributed by atoms with van der Waals surface area (Å²) in [5.41, 5.74) is 2.51. The quantitative estimate of drug-likeness (QED) is 0.378. The van der Waals surface area contributed by atoms with E-state index in [0.29, 0.717) is 17.8 Å². The average Bonchev–Trinajstić information content (AvgIpc) is 2.86. The van der Waals surface area contributed by atoms with Gasteiger partial charge in [0, 0.05) is 29.4 Å². The number of hydrogen-bond acceptors (Lipinski definition) is 3. The van der Waals surface area contributed by atoms with Gasteiger partial charge in [0.2, 0.25) is 0 Å². The fourth-order valence-electron chi connectivity index (χ4n) is 6.73. The molecule has 0 amide bonds. The highest BCUT2D eigenvalue weighted by molar-refractivity contribution is 6.32. The van der Waals surface area contributed by atoms with Gasteiger partial charge in [-0.05, 0) is 61.7 Å². The Morgan fingerprint density at radius 2 is 1.92 bits per heavy atom. The Morgan fingerprint density at radius 3 is 2.62 bits per heavy atom. The van der Waals surface area contributed by atoms with Crippen LogP contribution in [0.2, 0.25) is 0 Å². The Bertz CT molecular complexity index is 708. The summed E-state index contributed by atoms with van der Waals surface area (Å²) in [6.07, 6.45) is 10.5. The summed E-state index contributed by atoms with van der Waals surface area (Å²) >= 11 is 6.65. The van der Waals surface area contributed by atoms with E-state index >= 15 is 0 Å². The van der Waals surface area contributed by atoms with E-state index in [1.807, 2.05) is 0 Å². The first-order valence-electron chi connectivity index (χ1n) is 10.0. The maximum atomic E-state index is 11.5. The minimum atomic E-state index is -0.172. The first-order chi connectivity index (χ1) is 12.3. The molecule has 0 saturated heterocycles. The summed E-state index contributed by atoms with van der Waals surface area (Å²) in [4.78, 5) is 22.8. The molecule has 3 nitrogen and oxygen atoms in total. The van der Waals surface area contributed by atoms with Gasteiger partial charge in [0.25, 0.3) is 0 Å². The van der Waals surface area contributed by atoms with Crippen molar-refractivity contribution in [2.45, 2.75) is 71.8 Å². The molecule has 0 aromatic rings. The Labute approximate surface area is 161 Å². The lowest BCUT2D eigenvalue weighted by Crippen LogP contribution is -2.50. The first-order valence-corrected chi connectivity index (χ1v) is 10.4. The largest absolute Gasteiger partial charge is 0.462 e. The number of allylic oxidation sites excluding steroid dienone is 3. The first kappa shape index (κ1) is 18.3. The van der Waals surface area contributed by atoms with Crippen LogP contribution in [0.25, 0.3) is 0 Å². The van der Waals surface area contributed by atoms with E-state index in [0.717, 1.165) is 55.4 Å². The number of aldehydes is 1. The van der Waals surface area contributed by atoms with Gasteiger partial charge in [-0.15, -0.1) is 0 Å². The van der Waals surface area contributed by atoms with E-state index in [-0.39, 0.29) is 22.9 Å². The van der Waals surface area contributed by atoms with E-state index in [1.54, 1.807) is 0 Å². The van der Waals surface area contributed by atoms with Gasteiger partial charge in [-0.25, -0.2) is 0 Å². The van der Waals surface area contributed by atoms with Gasteiger partial charge in [0.05, 0.1) is 0 Å². The lowest BCUT2D eigenvalue weighted by molar-refractivity contribution is -0.148. The third-order valence-corrected chi connectivity index (χ3v) is 8.82. The fraction of sp³-hybridized carbons (Fsp3) is 0.727. The molecule has 2 saturated carbocycles. The predicted octanol–water partition coefficient (Wildman–Crippen LogP) is 5.18. The van der Waals surface area contributed by atoms with E-state index in [1.165, 1.54) is 18.9 Å². The molecule has 4 heteroatoms. The standard InChI is InChI=1S/C22H29ClO3/c1-13(25)26-16-6-8-21(2)15(11-16)4-5-17-18(21)7-9-22(3)19(17)10-14(12-24)20(22)23/h4,12,16-19H,5-11H2,1-3H3/t16?,17-,18+,19+,21+,22+/m1/s1. The maximum Gasteiger partial charge on any atom is 0.302 e. The van der Waals surface area contributed by atoms with Crippen LogP contribution in [0, 0.1) is 28.6 Å². The molecule has 6 atom stereocenters. The van der Waals surface area contributed by atoms with Crippen molar-refractivity contribution in [3.63, 3.8) is 0 Å². The van der Waals surface area contributed by atoms with Crippen molar-refractivity contribution in [2.75, 3.05) is 0 Å². The molecule has 142 valence electrons. The number of hydrogen-bond donors (Lipinski definition) is 0. The number of carbonyl (C=O) groups excluding carboxylic acids is 2. The second-order valence-electron chi connectivity index (χ2n) is 9.35. The van der Waals surface area contributed by atoms with Gasteiger partial charge >= 0.3 is 5.97 Å². The molecule has 0 radical (unpaired) electrons. The van der Waals surface area contributed by atoms with Crippen molar-refractivity contribution >= 4 is 23.9 Å². The lowest BCUT2D eigenvalue weighted by Gasteiger charge is -2.57. The van der Waals surface area contributed by atoms with Crippen LogP contribution in [0.1, 0.15) is 65.7 Å². The lowest BCUT2D eigenvalue weighted by atomic mass is 9.48. The second kappa shape index (κ2) is 6.22. The van der Waals surface area contributed by atoms with Crippen LogP contribution in [0.15, 0.2) is 22.3 Å². The van der Waals surface area contributed by atoms with Crippen LogP contribution in [0.3, 0.4) is 0 Å². The van der Waals surface area contributed by atoms with Crippen molar-refractivity contribution in [1.29, 1.82) is 0 Å². The molecule has 0 aromatic carbocycles. The summed E-state index contributed by atoms with van der Waals surface area (Å²) in [5, 5.41) is 0.828. The summed E-state index contributed by atoms with van der Waals surface area (Å²) in [7, 11) is 0. The molecule has 0 bridgehead atoms. The molecule has 1 unspecified atom stereocenters. The van der Waals surface area contributed by atoms with Crippen LogP contribution in [0.4, 0.5) is 0 Å². The molecule has 4 aliphatic rings. The van der Waals surface area contributed by atoms with Crippen molar-refractivity contribution in [3.8, 4) is 0 Å². The van der Waals surface area contributed by atoms with Crippen LogP contribution < -0.4 is 0 Å². The van der Waals surface area contributed by atoms with E-state index in [9.17, 15) is 9.59 Å². The Balaban J connectivity index is 1.61. The average molecular weight is 377 g/mol. The molecule has 0 N–H and O–H groups in total. The summed E-state index contributed by atoms with van der Waals surface area (Å²) in [6.45, 7) is 6.20. The minimum Gasteiger partial charge on any atom is -0.462 e. The smallest absolute Gasteiger partial charge is 0.302 e. The number of halogens is 1. The monoisotopic (exact) mass is 376 g/mol. The molecule has 4 rings (SSSR count). The SMILES string of the molecule is CC(=O)OC1CC[C@@]2(C)C(=CC[C@@H]3[C@@H]2CC[C@]2(C)C(Cl)=C(C=O)C[C@@H]32)C1. The third kappa shape index (κ3) is 2.53. The molecular weight excluding hydrogens is 348 g/mol. The van der Waals surface area contributed by atoms with Gasteiger partial charge in [0.1, 0.15) is 12.4 Å². The highest BCUT2D eigenvalue weighted by atomic mass is 35.5. The summed E-state index contributed by atoms with van der Waals surface area (Å²) in [6, 6.07) is 0. The second-order valence-corrected chi connectivity index (χ2v) is 9.73. The van der Waals surface area contributed by atoms with Crippen LogP contribution in [0.5, 0.6) is 0 Å². The van der Waals surface area contributed by atoms with Crippen molar-refractivity contribution in [2.24, 2.45) is 28.6 Å². The zero-order valence-electron chi connectivity index (χ0n) is 16.0. The summed E-state index contributed by atoms with van der Waals surface area (Å²) < 4.78 is 5.51. The molecule has 4 aliphatic carbocycles. The van der Waals surface area contributed by atoms with E-state index in [4.69, 9.17) is 16.3 Å². The number of rotatable bonds is 2. The molecule has 26 heavy (non-hydrogen) atoms. The Kier molecular flexibility index (Phi) is 4.38. The van der Waals surface area contributed by atoms with E-state index < -0.39 is 0 Å². The van der Waals surface area contributed by atoms with Crippen LogP contribution >= 0.6 is 11.6 Å². The topological polar surface area (TPSA) is 43.4 Å². The summed E-state index contributed by atoms with van der Waals surface area (Å²) in [5.74, 6) is 1.55. The normalized spacial score (nSPS) is 44.5. The highest BCUT2D eigenvalue weighted by Gasteiger charge is 2.58. The number of carbonyl (C=O) groups is 2. The maximum absolute atomic E-state index is 11.5. The zero-order chi connectivity index (χ0) is 18.7. The van der Waals surface area contributed by atoms with Gasteiger partial charge in [0.15, 0.2) is 0 Å². The molecule has 0 aromatic heterocycles.